The minimum atomic E-state index is -4.42. The summed E-state index contributed by atoms with van der Waals surface area (Å²) in [7, 11) is 0. The monoisotopic (exact) mass is 337 g/mol. The van der Waals surface area contributed by atoms with Crippen LogP contribution in [-0.2, 0) is 6.18 Å². The van der Waals surface area contributed by atoms with Gasteiger partial charge in [0, 0.05) is 17.4 Å². The summed E-state index contributed by atoms with van der Waals surface area (Å²) in [5.74, 6) is -0.468. The average Bonchev–Trinajstić information content (AvgIpc) is 2.37. The van der Waals surface area contributed by atoms with E-state index in [4.69, 9.17) is 0 Å². The molecule has 6 heteroatoms. The zero-order valence-corrected chi connectivity index (χ0v) is 11.9. The first kappa shape index (κ1) is 16.0. The lowest BCUT2D eigenvalue weighted by atomic mass is 10.1. The number of nitrogens with one attached hydrogen (secondary N) is 1. The van der Waals surface area contributed by atoms with Crippen LogP contribution in [0.25, 0.3) is 0 Å². The number of rotatable bonds is 6. The number of hydrogen-bond acceptors (Lipinski definition) is 1. The van der Waals surface area contributed by atoms with Crippen molar-refractivity contribution >= 4 is 21.8 Å². The van der Waals surface area contributed by atoms with Crippen molar-refractivity contribution in [1.29, 1.82) is 0 Å². The van der Waals surface area contributed by atoms with Crippen LogP contribution in [-0.4, -0.2) is 17.8 Å². The van der Waals surface area contributed by atoms with E-state index in [1.165, 1.54) is 12.1 Å². The van der Waals surface area contributed by atoms with Crippen molar-refractivity contribution in [3.8, 4) is 0 Å². The van der Waals surface area contributed by atoms with E-state index in [-0.39, 0.29) is 5.56 Å². The lowest BCUT2D eigenvalue weighted by molar-refractivity contribution is -0.137. The number of benzene rings is 1. The minimum Gasteiger partial charge on any atom is -0.352 e. The highest BCUT2D eigenvalue weighted by Gasteiger charge is 2.30. The van der Waals surface area contributed by atoms with Crippen LogP contribution in [0.5, 0.6) is 0 Å². The molecule has 1 N–H and O–H groups in total. The Morgan fingerprint density at radius 2 is 1.95 bits per heavy atom. The highest BCUT2D eigenvalue weighted by Crippen LogP contribution is 2.29. The van der Waals surface area contributed by atoms with Crippen molar-refractivity contribution in [1.82, 2.24) is 5.32 Å². The smallest absolute Gasteiger partial charge is 0.352 e. The molecule has 0 unspecified atom stereocenters. The van der Waals surface area contributed by atoms with Crippen molar-refractivity contribution < 1.29 is 18.0 Å². The fourth-order valence-corrected chi connectivity index (χ4v) is 1.93. The maximum Gasteiger partial charge on any atom is 0.416 e. The number of alkyl halides is 4. The molecule has 0 bridgehead atoms. The summed E-state index contributed by atoms with van der Waals surface area (Å²) >= 11 is 3.30. The first-order valence-electron chi connectivity index (χ1n) is 5.96. The van der Waals surface area contributed by atoms with Gasteiger partial charge >= 0.3 is 6.18 Å². The molecule has 0 spiro atoms. The highest BCUT2D eigenvalue weighted by molar-refractivity contribution is 9.09. The Bertz CT molecular complexity index is 421. The summed E-state index contributed by atoms with van der Waals surface area (Å²) in [6.07, 6.45) is -1.63. The van der Waals surface area contributed by atoms with Crippen molar-refractivity contribution in [2.24, 2.45) is 0 Å². The molecule has 0 saturated heterocycles. The van der Waals surface area contributed by atoms with Gasteiger partial charge in [-0.1, -0.05) is 28.4 Å². The number of carbonyl (C=O) groups excluding carboxylic acids is 1. The van der Waals surface area contributed by atoms with Crippen molar-refractivity contribution in [3.05, 3.63) is 35.4 Å². The molecule has 106 valence electrons. The Labute approximate surface area is 118 Å². The zero-order chi connectivity index (χ0) is 14.3. The summed E-state index contributed by atoms with van der Waals surface area (Å²) in [4.78, 5) is 11.7. The summed E-state index contributed by atoms with van der Waals surface area (Å²) in [6.45, 7) is 0.474. The van der Waals surface area contributed by atoms with E-state index in [2.05, 4.69) is 21.2 Å². The Balaban J connectivity index is 2.53. The number of unbranched alkanes of at least 4 members (excludes halogenated alkanes) is 2. The van der Waals surface area contributed by atoms with Crippen LogP contribution in [0, 0.1) is 0 Å². The van der Waals surface area contributed by atoms with E-state index < -0.39 is 17.6 Å². The molecule has 1 aromatic carbocycles. The van der Waals surface area contributed by atoms with Crippen molar-refractivity contribution in [3.63, 3.8) is 0 Å². The number of halogens is 4. The first-order chi connectivity index (χ1) is 8.95. The summed E-state index contributed by atoms with van der Waals surface area (Å²) in [5, 5.41) is 3.53. The Morgan fingerprint density at radius 1 is 1.21 bits per heavy atom. The molecule has 0 fully saturated rings. The second-order valence-electron chi connectivity index (χ2n) is 4.08. The lowest BCUT2D eigenvalue weighted by Crippen LogP contribution is -2.24. The highest BCUT2D eigenvalue weighted by atomic mass is 79.9. The van der Waals surface area contributed by atoms with Gasteiger partial charge in [-0.2, -0.15) is 13.2 Å². The van der Waals surface area contributed by atoms with E-state index >= 15 is 0 Å². The largest absolute Gasteiger partial charge is 0.416 e. The van der Waals surface area contributed by atoms with Crippen LogP contribution in [0.4, 0.5) is 13.2 Å². The quantitative estimate of drug-likeness (QED) is 0.617. The van der Waals surface area contributed by atoms with Gasteiger partial charge in [0.2, 0.25) is 0 Å². The molecule has 0 aliphatic heterocycles. The Morgan fingerprint density at radius 3 is 2.58 bits per heavy atom. The van der Waals surface area contributed by atoms with Gasteiger partial charge in [0.1, 0.15) is 0 Å². The van der Waals surface area contributed by atoms with Crippen LogP contribution >= 0.6 is 15.9 Å². The predicted molar refractivity (Wildman–Crippen MR) is 71.4 cm³/mol. The van der Waals surface area contributed by atoms with Gasteiger partial charge in [-0.15, -0.1) is 0 Å². The SMILES string of the molecule is O=C(NCCCCCBr)c1cccc(C(F)(F)F)c1. The van der Waals surface area contributed by atoms with E-state index in [9.17, 15) is 18.0 Å². The molecule has 0 saturated carbocycles. The zero-order valence-electron chi connectivity index (χ0n) is 10.3. The molecular formula is C13H15BrF3NO. The third kappa shape index (κ3) is 5.63. The summed E-state index contributed by atoms with van der Waals surface area (Å²) < 4.78 is 37.5. The van der Waals surface area contributed by atoms with Gasteiger partial charge in [0.15, 0.2) is 0 Å². The molecule has 0 aliphatic rings. The van der Waals surface area contributed by atoms with Gasteiger partial charge in [-0.3, -0.25) is 4.79 Å². The molecule has 0 aliphatic carbocycles. The lowest BCUT2D eigenvalue weighted by Gasteiger charge is -2.09. The minimum absolute atomic E-state index is 0.0373. The maximum atomic E-state index is 12.5. The fraction of sp³-hybridized carbons (Fsp3) is 0.462. The van der Waals surface area contributed by atoms with Gasteiger partial charge in [-0.05, 0) is 31.0 Å². The number of carbonyl (C=O) groups is 1. The number of amides is 1. The molecule has 1 amide bonds. The van der Waals surface area contributed by atoms with E-state index in [1.54, 1.807) is 0 Å². The van der Waals surface area contributed by atoms with Gasteiger partial charge in [0.25, 0.3) is 5.91 Å². The van der Waals surface area contributed by atoms with Crippen molar-refractivity contribution in [2.45, 2.75) is 25.4 Å². The molecule has 1 rings (SSSR count). The third-order valence-corrected chi connectivity index (χ3v) is 3.11. The van der Waals surface area contributed by atoms with Crippen LogP contribution in [0.1, 0.15) is 35.2 Å². The van der Waals surface area contributed by atoms with E-state index in [1.807, 2.05) is 0 Å². The fourth-order valence-electron chi connectivity index (χ4n) is 1.54. The van der Waals surface area contributed by atoms with Gasteiger partial charge in [-0.25, -0.2) is 0 Å². The molecule has 0 aromatic heterocycles. The van der Waals surface area contributed by atoms with E-state index in [0.717, 1.165) is 36.7 Å². The van der Waals surface area contributed by atoms with Crippen molar-refractivity contribution in [2.75, 3.05) is 11.9 Å². The molecule has 1 aromatic rings. The molecule has 0 radical (unpaired) electrons. The predicted octanol–water partition coefficient (Wildman–Crippen LogP) is 4.00. The standard InChI is InChI=1S/C13H15BrF3NO/c14-7-2-1-3-8-18-12(19)10-5-4-6-11(9-10)13(15,16)17/h4-6,9H,1-3,7-8H2,(H,18,19). The van der Waals surface area contributed by atoms with Crippen LogP contribution in [0.2, 0.25) is 0 Å². The van der Waals surface area contributed by atoms with Gasteiger partial charge in [0.05, 0.1) is 5.56 Å². The van der Waals surface area contributed by atoms with Crippen LogP contribution in [0.3, 0.4) is 0 Å². The topological polar surface area (TPSA) is 29.1 Å². The molecule has 0 atom stereocenters. The molecule has 0 heterocycles. The Kier molecular flexibility index (Phi) is 6.34. The Hall–Kier alpha value is -1.04. The summed E-state index contributed by atoms with van der Waals surface area (Å²) in [6, 6.07) is 4.44. The molecule has 19 heavy (non-hydrogen) atoms. The maximum absolute atomic E-state index is 12.5. The van der Waals surface area contributed by atoms with Crippen LogP contribution < -0.4 is 5.32 Å². The average molecular weight is 338 g/mol. The normalized spacial score (nSPS) is 11.4. The van der Waals surface area contributed by atoms with Crippen LogP contribution in [0.15, 0.2) is 24.3 Å². The third-order valence-electron chi connectivity index (χ3n) is 2.55. The molecule has 2 nitrogen and oxygen atoms in total. The van der Waals surface area contributed by atoms with E-state index in [0.29, 0.717) is 6.54 Å². The second kappa shape index (κ2) is 7.53. The molecular weight excluding hydrogens is 323 g/mol. The summed E-state index contributed by atoms with van der Waals surface area (Å²) in [5.41, 5.74) is -0.769. The first-order valence-corrected chi connectivity index (χ1v) is 7.08. The number of hydrogen-bond donors (Lipinski definition) is 1. The van der Waals surface area contributed by atoms with Gasteiger partial charge < -0.3 is 5.32 Å². The second-order valence-corrected chi connectivity index (χ2v) is 4.88.